The molecule has 0 spiro atoms. The molecule has 0 aromatic heterocycles. The van der Waals surface area contributed by atoms with Crippen LogP contribution < -0.4 is 16.0 Å². The fourth-order valence-corrected chi connectivity index (χ4v) is 3.51. The van der Waals surface area contributed by atoms with E-state index < -0.39 is 0 Å². The van der Waals surface area contributed by atoms with Crippen LogP contribution in [0.15, 0.2) is 24.3 Å². The number of nitrogens with zero attached hydrogens (tertiary/aromatic N) is 1. The number of nitriles is 1. The molecule has 7 heteroatoms. The van der Waals surface area contributed by atoms with Gasteiger partial charge in [0.25, 0.3) is 5.91 Å². The zero-order valence-corrected chi connectivity index (χ0v) is 15.6. The molecule has 1 aliphatic rings. The van der Waals surface area contributed by atoms with E-state index in [9.17, 15) is 14.4 Å². The maximum atomic E-state index is 12.5. The first-order valence-corrected chi connectivity index (χ1v) is 9.31. The molecule has 27 heavy (non-hydrogen) atoms. The van der Waals surface area contributed by atoms with Gasteiger partial charge in [-0.25, -0.2) is 0 Å². The van der Waals surface area contributed by atoms with Gasteiger partial charge in [0.05, 0.1) is 12.0 Å². The lowest BCUT2D eigenvalue weighted by atomic mass is 9.79. The molecule has 1 fully saturated rings. The highest BCUT2D eigenvalue weighted by atomic mass is 16.2. The minimum atomic E-state index is -0.346. The number of carbonyl (C=O) groups is 3. The van der Waals surface area contributed by atoms with E-state index in [2.05, 4.69) is 16.0 Å². The molecule has 0 radical (unpaired) electrons. The number of benzene rings is 1. The molecule has 0 aliphatic heterocycles. The number of anilines is 1. The van der Waals surface area contributed by atoms with Crippen molar-refractivity contribution >= 4 is 23.4 Å². The summed E-state index contributed by atoms with van der Waals surface area (Å²) < 4.78 is 0. The second-order valence-corrected chi connectivity index (χ2v) is 6.85. The van der Waals surface area contributed by atoms with Crippen molar-refractivity contribution in [1.82, 2.24) is 10.6 Å². The summed E-state index contributed by atoms with van der Waals surface area (Å²) in [5.41, 5.74) is 0.965. The molecule has 2 rings (SSSR count). The van der Waals surface area contributed by atoms with Crippen molar-refractivity contribution in [3.63, 3.8) is 0 Å². The Balaban J connectivity index is 2.02. The average molecular weight is 370 g/mol. The molecule has 0 heterocycles. The topological polar surface area (TPSA) is 111 Å². The van der Waals surface area contributed by atoms with Crippen LogP contribution in [0.2, 0.25) is 0 Å². The normalized spacial score (nSPS) is 15.3. The van der Waals surface area contributed by atoms with Crippen LogP contribution in [-0.2, 0) is 9.59 Å². The molecule has 1 saturated carbocycles. The maximum Gasteiger partial charge on any atom is 0.251 e. The first kappa shape index (κ1) is 20.4. The number of hydrogen-bond acceptors (Lipinski definition) is 4. The number of nitrogens with one attached hydrogen (secondary N) is 3. The van der Waals surface area contributed by atoms with Crippen LogP contribution in [0.4, 0.5) is 5.69 Å². The number of carbonyl (C=O) groups excluding carboxylic acids is 3. The lowest BCUT2D eigenvalue weighted by Gasteiger charge is -2.29. The van der Waals surface area contributed by atoms with Gasteiger partial charge in [-0.1, -0.05) is 25.3 Å². The van der Waals surface area contributed by atoms with E-state index in [1.54, 1.807) is 24.3 Å². The fraction of sp³-hybridized carbons (Fsp3) is 0.500. The Kier molecular flexibility index (Phi) is 7.80. The molecule has 0 saturated heterocycles. The molecule has 1 aromatic rings. The number of amides is 3. The average Bonchev–Trinajstić information content (AvgIpc) is 2.67. The van der Waals surface area contributed by atoms with Crippen LogP contribution in [0, 0.1) is 23.2 Å². The predicted octanol–water partition coefficient (Wildman–Crippen LogP) is 2.21. The number of hydrogen-bond donors (Lipinski definition) is 3. The van der Waals surface area contributed by atoms with E-state index >= 15 is 0 Å². The predicted molar refractivity (Wildman–Crippen MR) is 102 cm³/mol. The minimum Gasteiger partial charge on any atom is -0.351 e. The second-order valence-electron chi connectivity index (χ2n) is 6.85. The van der Waals surface area contributed by atoms with Crippen molar-refractivity contribution in [3.8, 4) is 6.07 Å². The zero-order valence-electron chi connectivity index (χ0n) is 15.6. The summed E-state index contributed by atoms with van der Waals surface area (Å²) in [4.78, 5) is 36.1. The van der Waals surface area contributed by atoms with Gasteiger partial charge in [0.2, 0.25) is 11.8 Å². The van der Waals surface area contributed by atoms with Crippen LogP contribution in [-0.4, -0.2) is 30.8 Å². The molecular weight excluding hydrogens is 344 g/mol. The lowest BCUT2D eigenvalue weighted by Crippen LogP contribution is -2.43. The van der Waals surface area contributed by atoms with Gasteiger partial charge in [-0.15, -0.1) is 0 Å². The molecular formula is C20H26N4O3. The standard InChI is InChI=1S/C20H26N4O3/c1-14(25)24-17-9-5-8-16(12-17)19(26)23-13-18(20(27)22-11-10-21)15-6-3-2-4-7-15/h5,8-9,12,15,18H,2-4,6-7,11,13H2,1H3,(H,22,27)(H,23,26)(H,24,25). The Bertz CT molecular complexity index is 720. The van der Waals surface area contributed by atoms with Crippen molar-refractivity contribution in [2.75, 3.05) is 18.4 Å². The van der Waals surface area contributed by atoms with Crippen molar-refractivity contribution < 1.29 is 14.4 Å². The van der Waals surface area contributed by atoms with Gasteiger partial charge in [0, 0.05) is 24.7 Å². The van der Waals surface area contributed by atoms with Gasteiger partial charge in [0.15, 0.2) is 0 Å². The maximum absolute atomic E-state index is 12.5. The third kappa shape index (κ3) is 6.41. The second kappa shape index (κ2) is 10.3. The Morgan fingerprint density at radius 2 is 1.93 bits per heavy atom. The summed E-state index contributed by atoms with van der Waals surface area (Å²) in [6.07, 6.45) is 5.25. The fourth-order valence-electron chi connectivity index (χ4n) is 3.51. The Morgan fingerprint density at radius 1 is 1.19 bits per heavy atom. The molecule has 144 valence electrons. The third-order valence-corrected chi connectivity index (χ3v) is 4.82. The summed E-state index contributed by atoms with van der Waals surface area (Å²) in [6.45, 7) is 1.60. The van der Waals surface area contributed by atoms with Crippen molar-refractivity contribution in [3.05, 3.63) is 29.8 Å². The molecule has 7 nitrogen and oxygen atoms in total. The van der Waals surface area contributed by atoms with Gasteiger partial charge in [0.1, 0.15) is 6.54 Å². The minimum absolute atomic E-state index is 0.0330. The first-order chi connectivity index (χ1) is 13.0. The molecule has 1 unspecified atom stereocenters. The van der Waals surface area contributed by atoms with Gasteiger partial charge in [-0.05, 0) is 37.0 Å². The van der Waals surface area contributed by atoms with Crippen LogP contribution in [0.25, 0.3) is 0 Å². The van der Waals surface area contributed by atoms with Gasteiger partial charge >= 0.3 is 0 Å². The first-order valence-electron chi connectivity index (χ1n) is 9.31. The largest absolute Gasteiger partial charge is 0.351 e. The van der Waals surface area contributed by atoms with Crippen LogP contribution in [0.1, 0.15) is 49.4 Å². The summed E-state index contributed by atoms with van der Waals surface area (Å²) >= 11 is 0. The quantitative estimate of drug-likeness (QED) is 0.639. The molecule has 0 bridgehead atoms. The van der Waals surface area contributed by atoms with E-state index in [-0.39, 0.29) is 42.6 Å². The zero-order chi connectivity index (χ0) is 19.6. The Labute approximate surface area is 159 Å². The smallest absolute Gasteiger partial charge is 0.251 e. The van der Waals surface area contributed by atoms with Gasteiger partial charge < -0.3 is 16.0 Å². The lowest BCUT2D eigenvalue weighted by molar-refractivity contribution is -0.126. The van der Waals surface area contributed by atoms with Crippen molar-refractivity contribution in [2.45, 2.75) is 39.0 Å². The van der Waals surface area contributed by atoms with Crippen molar-refractivity contribution in [2.24, 2.45) is 11.8 Å². The summed E-state index contributed by atoms with van der Waals surface area (Å²) in [5, 5.41) is 16.8. The molecule has 1 aliphatic carbocycles. The Morgan fingerprint density at radius 3 is 2.59 bits per heavy atom. The van der Waals surface area contributed by atoms with Crippen LogP contribution in [0.5, 0.6) is 0 Å². The monoisotopic (exact) mass is 370 g/mol. The van der Waals surface area contributed by atoms with Gasteiger partial charge in [-0.3, -0.25) is 14.4 Å². The van der Waals surface area contributed by atoms with E-state index in [1.807, 2.05) is 6.07 Å². The van der Waals surface area contributed by atoms with E-state index in [0.717, 1.165) is 25.7 Å². The summed E-state index contributed by atoms with van der Waals surface area (Å²) in [5.74, 6) is -0.824. The Hall–Kier alpha value is -2.88. The highest BCUT2D eigenvalue weighted by Crippen LogP contribution is 2.30. The molecule has 1 atom stereocenters. The van der Waals surface area contributed by atoms with E-state index in [0.29, 0.717) is 11.3 Å². The highest BCUT2D eigenvalue weighted by Gasteiger charge is 2.29. The SMILES string of the molecule is CC(=O)Nc1cccc(C(=O)NCC(C(=O)NCC#N)C2CCCCC2)c1. The molecule has 3 N–H and O–H groups in total. The van der Waals surface area contributed by atoms with Crippen molar-refractivity contribution in [1.29, 1.82) is 5.26 Å². The highest BCUT2D eigenvalue weighted by molar-refractivity contribution is 5.97. The summed E-state index contributed by atoms with van der Waals surface area (Å²) in [7, 11) is 0. The number of rotatable bonds is 7. The van der Waals surface area contributed by atoms with Gasteiger partial charge in [-0.2, -0.15) is 5.26 Å². The summed E-state index contributed by atoms with van der Waals surface area (Å²) in [6, 6.07) is 8.57. The van der Waals surface area contributed by atoms with Crippen LogP contribution in [0.3, 0.4) is 0 Å². The van der Waals surface area contributed by atoms with E-state index in [1.165, 1.54) is 13.3 Å². The molecule has 3 amide bonds. The third-order valence-electron chi connectivity index (χ3n) is 4.82. The van der Waals surface area contributed by atoms with E-state index in [4.69, 9.17) is 5.26 Å². The van der Waals surface area contributed by atoms with Crippen LogP contribution >= 0.6 is 0 Å². The molecule has 1 aromatic carbocycles.